The highest BCUT2D eigenvalue weighted by molar-refractivity contribution is 6.16. The second-order valence-corrected chi connectivity index (χ2v) is 46.2. The topological polar surface area (TPSA) is 134 Å². The third kappa shape index (κ3) is 24.2. The monoisotopic (exact) mass is 1820 g/mol. The SMILES string of the molecule is CCCCO/N=C(\c1ccc(C)cc1)c1cc2c(cc1C)C(C)(C)CCC2(C)C.CCCO/N=C(\c1ccc(C)cc1)c1cc2c(cc1C)C(C)(C)CCC2(C)C.CO/N=C(\c1ccc(C)cc1)c1cc2c(cc1C)C(C)(C)CCC2(C)C.CO/N=C(\c1ccc(C)cn1)c1cc2c(cc1C)C(C)(C)CCC2(C)C.CO/N=C(\c1ccc(C)cn1)c1cc2c(cc1C)C(C)(C)CCC2(C)C. The van der Waals surface area contributed by atoms with Crippen molar-refractivity contribution in [2.75, 3.05) is 34.5 Å². The van der Waals surface area contributed by atoms with Crippen LogP contribution in [-0.4, -0.2) is 73.1 Å². The first kappa shape index (κ1) is 105. The van der Waals surface area contributed by atoms with Crippen LogP contribution in [0, 0.1) is 69.2 Å². The lowest BCUT2D eigenvalue weighted by Gasteiger charge is -2.42. The van der Waals surface area contributed by atoms with E-state index in [2.05, 4.69) is 389 Å². The second kappa shape index (κ2) is 42.2. The molecule has 0 atom stereocenters. The summed E-state index contributed by atoms with van der Waals surface area (Å²) >= 11 is 0. The van der Waals surface area contributed by atoms with E-state index in [4.69, 9.17) is 24.2 Å². The highest BCUT2D eigenvalue weighted by Crippen LogP contribution is 2.53. The summed E-state index contributed by atoms with van der Waals surface area (Å²) in [7, 11) is 4.80. The van der Waals surface area contributed by atoms with Crippen molar-refractivity contribution >= 4 is 28.6 Å². The molecule has 5 aliphatic carbocycles. The van der Waals surface area contributed by atoms with E-state index in [0.29, 0.717) is 13.2 Å². The molecular formula is C123H163N7O5. The fourth-order valence-electron chi connectivity index (χ4n) is 20.3. The quantitative estimate of drug-likeness (QED) is 0.0421. The average Bonchev–Trinajstić information content (AvgIpc) is 0.762. The van der Waals surface area contributed by atoms with Crippen LogP contribution in [0.3, 0.4) is 0 Å². The first-order valence-corrected chi connectivity index (χ1v) is 49.9. The molecule has 0 spiro atoms. The number of nitrogens with zero attached hydrogens (tertiary/aromatic N) is 7. The Balaban J connectivity index is 0.000000162. The third-order valence-corrected chi connectivity index (χ3v) is 30.3. The number of benzene rings is 8. The zero-order chi connectivity index (χ0) is 99.1. The number of pyridine rings is 2. The third-order valence-electron chi connectivity index (χ3n) is 30.3. The van der Waals surface area contributed by atoms with Crippen LogP contribution in [0.15, 0.2) is 196 Å². The number of rotatable bonds is 20. The van der Waals surface area contributed by atoms with Crippen molar-refractivity contribution in [3.05, 3.63) is 337 Å². The zero-order valence-electron chi connectivity index (χ0n) is 89.4. The minimum Gasteiger partial charge on any atom is -0.399 e. The van der Waals surface area contributed by atoms with Crippen molar-refractivity contribution in [3.63, 3.8) is 0 Å². The summed E-state index contributed by atoms with van der Waals surface area (Å²) in [5.41, 5.74) is 43.9. The van der Waals surface area contributed by atoms with Gasteiger partial charge < -0.3 is 24.2 Å². The normalized spacial score (nSPS) is 18.1. The summed E-state index contributed by atoms with van der Waals surface area (Å²) in [6, 6.07) is 57.6. The summed E-state index contributed by atoms with van der Waals surface area (Å²) in [5.74, 6) is 0. The Morgan fingerprint density at radius 1 is 0.244 bits per heavy atom. The van der Waals surface area contributed by atoms with Crippen LogP contribution in [0.25, 0.3) is 0 Å². The van der Waals surface area contributed by atoms with Gasteiger partial charge in [0, 0.05) is 56.9 Å². The molecule has 135 heavy (non-hydrogen) atoms. The molecule has 2 heterocycles. The lowest BCUT2D eigenvalue weighted by Crippen LogP contribution is -2.34. The van der Waals surface area contributed by atoms with Crippen molar-refractivity contribution in [1.82, 2.24) is 9.97 Å². The molecule has 0 saturated heterocycles. The molecule has 0 fully saturated rings. The largest absolute Gasteiger partial charge is 0.399 e. The van der Waals surface area contributed by atoms with Gasteiger partial charge in [-0.15, -0.1) is 0 Å². The highest BCUT2D eigenvalue weighted by Gasteiger charge is 2.44. The number of aryl methyl sites for hydroxylation is 10. The van der Waals surface area contributed by atoms with Gasteiger partial charge in [0.25, 0.3) is 0 Å². The Morgan fingerprint density at radius 2 is 0.444 bits per heavy atom. The summed E-state index contributed by atoms with van der Waals surface area (Å²) in [6.07, 6.45) is 18.9. The molecule has 0 unspecified atom stereocenters. The van der Waals surface area contributed by atoms with Crippen LogP contribution < -0.4 is 0 Å². The van der Waals surface area contributed by atoms with E-state index in [-0.39, 0.29) is 54.1 Å². The zero-order valence-corrected chi connectivity index (χ0v) is 89.4. The van der Waals surface area contributed by atoms with Crippen LogP contribution in [0.2, 0.25) is 0 Å². The Kier molecular flexibility index (Phi) is 32.8. The van der Waals surface area contributed by atoms with E-state index in [1.54, 1.807) is 21.3 Å². The molecule has 0 bridgehead atoms. The van der Waals surface area contributed by atoms with E-state index in [9.17, 15) is 0 Å². The van der Waals surface area contributed by atoms with E-state index >= 15 is 0 Å². The number of unbranched alkanes of at least 4 members (excludes halogenated alkanes) is 1. The van der Waals surface area contributed by atoms with Crippen LogP contribution in [0.1, 0.15) is 403 Å². The van der Waals surface area contributed by atoms with Gasteiger partial charge in [0.15, 0.2) is 0 Å². The molecule has 0 saturated carbocycles. The highest BCUT2D eigenvalue weighted by atomic mass is 16.6. The van der Waals surface area contributed by atoms with E-state index in [1.165, 1.54) is 181 Å². The molecule has 2 aromatic heterocycles. The van der Waals surface area contributed by atoms with E-state index in [1.807, 2.05) is 38.4 Å². The molecule has 720 valence electrons. The predicted octanol–water partition coefficient (Wildman–Crippen LogP) is 31.0. The average molecular weight is 1820 g/mol. The number of aromatic nitrogens is 2. The van der Waals surface area contributed by atoms with Gasteiger partial charge in [0.05, 0.1) is 11.4 Å². The lowest BCUT2D eigenvalue weighted by molar-refractivity contribution is 0.141. The van der Waals surface area contributed by atoms with Gasteiger partial charge in [0.1, 0.15) is 63.1 Å². The lowest BCUT2D eigenvalue weighted by atomic mass is 9.62. The summed E-state index contributed by atoms with van der Waals surface area (Å²) < 4.78 is 0. The maximum absolute atomic E-state index is 5.76. The molecule has 12 nitrogen and oxygen atoms in total. The van der Waals surface area contributed by atoms with Gasteiger partial charge in [-0.05, 0) is 337 Å². The fourth-order valence-corrected chi connectivity index (χ4v) is 20.3. The summed E-state index contributed by atoms with van der Waals surface area (Å²) in [6.45, 7) is 74.2. The second-order valence-electron chi connectivity index (χ2n) is 46.2. The Morgan fingerprint density at radius 3 is 0.652 bits per heavy atom. The van der Waals surface area contributed by atoms with Crippen molar-refractivity contribution < 1.29 is 24.2 Å². The van der Waals surface area contributed by atoms with Crippen molar-refractivity contribution in [1.29, 1.82) is 0 Å². The number of fused-ring (bicyclic) bond motifs is 5. The molecule has 8 aromatic carbocycles. The minimum absolute atomic E-state index is 0.159. The molecule has 15 rings (SSSR count). The van der Waals surface area contributed by atoms with Crippen LogP contribution in [0.5, 0.6) is 0 Å². The predicted molar refractivity (Wildman–Crippen MR) is 570 cm³/mol. The Hall–Kier alpha value is -10.6. The molecule has 10 aromatic rings. The van der Waals surface area contributed by atoms with Crippen molar-refractivity contribution in [2.24, 2.45) is 25.8 Å². The molecular weight excluding hydrogens is 1660 g/mol. The summed E-state index contributed by atoms with van der Waals surface area (Å²) in [4.78, 5) is 36.2. The molecule has 12 heteroatoms. The maximum atomic E-state index is 5.76. The van der Waals surface area contributed by atoms with E-state index < -0.39 is 0 Å². The molecule has 0 amide bonds. The smallest absolute Gasteiger partial charge is 0.135 e. The minimum atomic E-state index is 0.159. The number of hydrogen-bond donors (Lipinski definition) is 0. The molecule has 0 radical (unpaired) electrons. The van der Waals surface area contributed by atoms with Crippen LogP contribution >= 0.6 is 0 Å². The van der Waals surface area contributed by atoms with Gasteiger partial charge >= 0.3 is 0 Å². The summed E-state index contributed by atoms with van der Waals surface area (Å²) in [5, 5.41) is 22.3. The molecule has 0 aliphatic heterocycles. The van der Waals surface area contributed by atoms with Crippen LogP contribution in [0.4, 0.5) is 0 Å². The van der Waals surface area contributed by atoms with Crippen molar-refractivity contribution in [3.8, 4) is 0 Å². The maximum Gasteiger partial charge on any atom is 0.135 e. The number of hydrogen-bond acceptors (Lipinski definition) is 12. The van der Waals surface area contributed by atoms with Crippen LogP contribution in [-0.2, 0) is 78.3 Å². The number of oxime groups is 5. The first-order chi connectivity index (χ1) is 63.3. The van der Waals surface area contributed by atoms with Gasteiger partial charge in [-0.3, -0.25) is 9.97 Å². The fraction of sp³-hybridized carbons (Fsp3) is 0.488. The van der Waals surface area contributed by atoms with E-state index in [0.717, 1.165) is 98.2 Å². The van der Waals surface area contributed by atoms with Crippen molar-refractivity contribution in [2.45, 2.75) is 359 Å². The van der Waals surface area contributed by atoms with Gasteiger partial charge in [-0.25, -0.2) is 0 Å². The molecule has 5 aliphatic rings. The first-order valence-electron chi connectivity index (χ1n) is 49.9. The van der Waals surface area contributed by atoms with Gasteiger partial charge in [0.2, 0.25) is 0 Å². The van der Waals surface area contributed by atoms with Gasteiger partial charge in [-0.2, -0.15) is 0 Å². The standard InChI is InChI=1S/C27H37NO.C26H35NO.C24H31NO.2C23H30N2O/c1-8-9-16-29-28-25(21-12-10-19(2)11-13-21)22-18-24-23(17-20(22)3)26(4,5)14-15-27(24,6)7;1-8-15-28-27-24(20-11-9-18(2)10-12-20)21-17-23-22(16-19(21)3)25(4,5)13-14-26(23,6)7;1-16-8-10-18(11-9-16)22(25-26-7)19-15-21-20(14-17(19)2)23(3,4)12-13-24(21,5)6;2*1-15-8-9-20(24-14-15)21(25-26-7)17-13-19-18(12-16(17)2)22(3,4)10-11-23(19,5)6/h10-13,17-18H,8-9,14-16H2,1-7H3;9-12,16-17H,8,13-15H2,1-7H3;8-11,14-15H,12-13H2,1-7H3;2*8-9,12-14H,10-11H2,1-7H3/b28-25+;27-24+;25-22+;2*25-21-. The molecule has 0 N–H and O–H groups in total. The van der Waals surface area contributed by atoms with Gasteiger partial charge in [-0.1, -0.05) is 316 Å². The Labute approximate surface area is 814 Å². The Bertz CT molecular complexity index is 5650.